The largest absolute Gasteiger partial charge is 0.475 e. The second-order valence-electron chi connectivity index (χ2n) is 2.04. The summed E-state index contributed by atoms with van der Waals surface area (Å²) in [5.41, 5.74) is 0. The van der Waals surface area contributed by atoms with Crippen LogP contribution < -0.4 is 0 Å². The van der Waals surface area contributed by atoms with Gasteiger partial charge in [-0.05, 0) is 0 Å². The van der Waals surface area contributed by atoms with E-state index in [0.29, 0.717) is 0 Å². The van der Waals surface area contributed by atoms with Crippen LogP contribution >= 0.6 is 0 Å². The van der Waals surface area contributed by atoms with Crippen molar-refractivity contribution in [2.75, 3.05) is 6.61 Å². The first kappa shape index (κ1) is 12.1. The first-order chi connectivity index (χ1) is 5.65. The summed E-state index contributed by atoms with van der Waals surface area (Å²) >= 11 is 0. The molecule has 0 atom stereocenters. The van der Waals surface area contributed by atoms with Gasteiger partial charge in [0.15, 0.2) is 0 Å². The van der Waals surface area contributed by atoms with Gasteiger partial charge in [-0.15, -0.1) is 0 Å². The molecule has 0 fully saturated rings. The van der Waals surface area contributed by atoms with E-state index in [1.165, 1.54) is 0 Å². The Morgan fingerprint density at radius 2 is 1.69 bits per heavy atom. The molecule has 0 aliphatic heterocycles. The molecule has 0 radical (unpaired) electrons. The van der Waals surface area contributed by atoms with Gasteiger partial charge in [-0.3, -0.25) is 0 Å². The molecule has 0 aliphatic carbocycles. The molecular weight excluding hydrogens is 203 g/mol. The number of hydrogen-bond acceptors (Lipinski definition) is 2. The van der Waals surface area contributed by atoms with E-state index in [0.717, 1.165) is 0 Å². The second kappa shape index (κ2) is 3.86. The number of carboxylic acids is 1. The quantitative estimate of drug-likeness (QED) is 0.714. The Balaban J connectivity index is 3.84. The van der Waals surface area contributed by atoms with Gasteiger partial charge in [0.05, 0.1) is 13.0 Å². The van der Waals surface area contributed by atoms with Gasteiger partial charge in [0.25, 0.3) is 0 Å². The average Bonchev–Trinajstić information content (AvgIpc) is 1.82. The summed E-state index contributed by atoms with van der Waals surface area (Å²) in [5.74, 6) is -2.62. The summed E-state index contributed by atoms with van der Waals surface area (Å²) in [6.45, 7) is -1.39. The van der Waals surface area contributed by atoms with Crippen LogP contribution in [0.4, 0.5) is 22.0 Å². The SMILES string of the molecule is O=C(O)C(F)(F)OCCC(F)(F)F. The zero-order valence-electron chi connectivity index (χ0n) is 6.07. The smallest absolute Gasteiger partial charge is 0.455 e. The lowest BCUT2D eigenvalue weighted by atomic mass is 10.4. The molecule has 3 nitrogen and oxygen atoms in total. The molecule has 13 heavy (non-hydrogen) atoms. The highest BCUT2D eigenvalue weighted by atomic mass is 19.4. The van der Waals surface area contributed by atoms with Crippen LogP contribution in [0.3, 0.4) is 0 Å². The van der Waals surface area contributed by atoms with E-state index < -0.39 is 31.3 Å². The predicted octanol–water partition coefficient (Wildman–Crippen LogP) is 1.63. The molecule has 1 N–H and O–H groups in total. The molecule has 0 spiro atoms. The van der Waals surface area contributed by atoms with Crippen molar-refractivity contribution >= 4 is 5.97 Å². The van der Waals surface area contributed by atoms with E-state index >= 15 is 0 Å². The zero-order valence-corrected chi connectivity index (χ0v) is 6.07. The van der Waals surface area contributed by atoms with Crippen LogP contribution in [0.1, 0.15) is 6.42 Å². The number of hydrogen-bond donors (Lipinski definition) is 1. The standard InChI is InChI=1S/C5H5F5O3/c6-4(7,8)1-2-13-5(9,10)3(11)12/h1-2H2,(H,11,12). The molecular formula is C5H5F5O3. The molecule has 0 aliphatic rings. The number of halogens is 5. The summed E-state index contributed by atoms with van der Waals surface area (Å²) in [6, 6.07) is 0. The van der Waals surface area contributed by atoms with Crippen molar-refractivity contribution in [2.45, 2.75) is 18.7 Å². The molecule has 0 amide bonds. The van der Waals surface area contributed by atoms with Crippen molar-refractivity contribution in [1.29, 1.82) is 0 Å². The van der Waals surface area contributed by atoms with E-state index in [4.69, 9.17) is 5.11 Å². The molecule has 0 saturated carbocycles. The molecule has 0 unspecified atom stereocenters. The predicted molar refractivity (Wildman–Crippen MR) is 29.2 cm³/mol. The lowest BCUT2D eigenvalue weighted by Gasteiger charge is -2.12. The lowest BCUT2D eigenvalue weighted by Crippen LogP contribution is -2.32. The summed E-state index contributed by atoms with van der Waals surface area (Å²) < 4.78 is 61.2. The maximum Gasteiger partial charge on any atom is 0.455 e. The van der Waals surface area contributed by atoms with E-state index in [1.54, 1.807) is 0 Å². The van der Waals surface area contributed by atoms with Crippen molar-refractivity contribution in [3.05, 3.63) is 0 Å². The minimum absolute atomic E-state index is 1.39. The first-order valence-electron chi connectivity index (χ1n) is 2.97. The van der Waals surface area contributed by atoms with Crippen molar-refractivity contribution in [3.8, 4) is 0 Å². The molecule has 0 bridgehead atoms. The van der Waals surface area contributed by atoms with Gasteiger partial charge in [-0.1, -0.05) is 0 Å². The molecule has 78 valence electrons. The van der Waals surface area contributed by atoms with E-state index in [9.17, 15) is 26.7 Å². The Bertz CT molecular complexity index is 187. The Hall–Kier alpha value is -0.920. The second-order valence-corrected chi connectivity index (χ2v) is 2.04. The minimum Gasteiger partial charge on any atom is -0.475 e. The lowest BCUT2D eigenvalue weighted by molar-refractivity contribution is -0.254. The van der Waals surface area contributed by atoms with E-state index in [-0.39, 0.29) is 0 Å². The monoisotopic (exact) mass is 208 g/mol. The summed E-state index contributed by atoms with van der Waals surface area (Å²) in [5, 5.41) is 7.71. The number of rotatable bonds is 4. The molecule has 0 rings (SSSR count). The fourth-order valence-corrected chi connectivity index (χ4v) is 0.357. The third-order valence-electron chi connectivity index (χ3n) is 0.918. The highest BCUT2D eigenvalue weighted by Crippen LogP contribution is 2.22. The van der Waals surface area contributed by atoms with Gasteiger partial charge in [0.2, 0.25) is 0 Å². The number of carbonyl (C=O) groups is 1. The van der Waals surface area contributed by atoms with Gasteiger partial charge in [0.1, 0.15) is 0 Å². The Morgan fingerprint density at radius 1 is 1.23 bits per heavy atom. The van der Waals surface area contributed by atoms with Crippen LogP contribution in [-0.4, -0.2) is 30.0 Å². The molecule has 0 aromatic heterocycles. The average molecular weight is 208 g/mol. The van der Waals surface area contributed by atoms with Gasteiger partial charge >= 0.3 is 18.3 Å². The Labute approximate surface area is 69.1 Å². The van der Waals surface area contributed by atoms with Gasteiger partial charge in [-0.25, -0.2) is 4.79 Å². The topological polar surface area (TPSA) is 46.5 Å². The van der Waals surface area contributed by atoms with Crippen molar-refractivity contribution in [1.82, 2.24) is 0 Å². The maximum atomic E-state index is 11.9. The fourth-order valence-electron chi connectivity index (χ4n) is 0.357. The Kier molecular flexibility index (Phi) is 3.59. The van der Waals surface area contributed by atoms with Gasteiger partial charge < -0.3 is 9.84 Å². The molecule has 0 heterocycles. The third kappa shape index (κ3) is 5.34. The van der Waals surface area contributed by atoms with E-state index in [2.05, 4.69) is 4.74 Å². The van der Waals surface area contributed by atoms with Gasteiger partial charge in [0, 0.05) is 0 Å². The van der Waals surface area contributed by atoms with E-state index in [1.807, 2.05) is 0 Å². The third-order valence-corrected chi connectivity index (χ3v) is 0.918. The highest BCUT2D eigenvalue weighted by Gasteiger charge is 2.41. The number of ether oxygens (including phenoxy) is 1. The summed E-state index contributed by atoms with van der Waals surface area (Å²) in [4.78, 5) is 9.62. The van der Waals surface area contributed by atoms with Gasteiger partial charge in [-0.2, -0.15) is 22.0 Å². The normalized spacial score (nSPS) is 13.0. The van der Waals surface area contributed by atoms with Crippen LogP contribution in [0.5, 0.6) is 0 Å². The number of carboxylic acid groups (broad SMARTS) is 1. The molecule has 0 aromatic rings. The van der Waals surface area contributed by atoms with Crippen LogP contribution in [0.15, 0.2) is 0 Å². The Morgan fingerprint density at radius 3 is 2.00 bits per heavy atom. The number of alkyl halides is 5. The van der Waals surface area contributed by atoms with Crippen molar-refractivity contribution in [3.63, 3.8) is 0 Å². The van der Waals surface area contributed by atoms with Crippen LogP contribution in [0.25, 0.3) is 0 Å². The number of aliphatic carboxylic acids is 1. The van der Waals surface area contributed by atoms with Crippen LogP contribution in [0.2, 0.25) is 0 Å². The van der Waals surface area contributed by atoms with Crippen LogP contribution in [-0.2, 0) is 9.53 Å². The molecule has 8 heteroatoms. The minimum atomic E-state index is -4.64. The van der Waals surface area contributed by atoms with Crippen molar-refractivity contribution < 1.29 is 36.6 Å². The maximum absolute atomic E-state index is 11.9. The first-order valence-corrected chi connectivity index (χ1v) is 2.97. The molecule has 0 aromatic carbocycles. The fraction of sp³-hybridized carbons (Fsp3) is 0.800. The highest BCUT2D eigenvalue weighted by molar-refractivity contribution is 5.73. The summed E-state index contributed by atoms with van der Waals surface area (Å²) in [7, 11) is 0. The van der Waals surface area contributed by atoms with Crippen molar-refractivity contribution in [2.24, 2.45) is 0 Å². The summed E-state index contributed by atoms with van der Waals surface area (Å²) in [6.07, 6.45) is -10.8. The zero-order chi connectivity index (χ0) is 10.7. The molecule has 0 saturated heterocycles. The van der Waals surface area contributed by atoms with Crippen LogP contribution in [0, 0.1) is 0 Å².